The van der Waals surface area contributed by atoms with Crippen LogP contribution in [0.25, 0.3) is 0 Å². The molecule has 0 radical (unpaired) electrons. The van der Waals surface area contributed by atoms with Crippen molar-refractivity contribution in [2.75, 3.05) is 17.6 Å². The minimum Gasteiger partial charge on any atom is -0.382 e. The molecule has 0 aliphatic heterocycles. The van der Waals surface area contributed by atoms with Crippen molar-refractivity contribution in [2.24, 2.45) is 0 Å². The molecule has 3 N–H and O–H groups in total. The maximum atomic E-state index is 5.53. The standard InChI is InChI=1S/C12H22N4/c1-2-3-4-5-6-7-8-15-12-10-14-9-11(13)16-12/h9-10H,2-8H2,1H3,(H3,13,15,16). The van der Waals surface area contributed by atoms with Crippen molar-refractivity contribution in [2.45, 2.75) is 45.4 Å². The Morgan fingerprint density at radius 1 is 1.12 bits per heavy atom. The minimum atomic E-state index is 0.466. The summed E-state index contributed by atoms with van der Waals surface area (Å²) in [5.41, 5.74) is 5.53. The van der Waals surface area contributed by atoms with Crippen molar-refractivity contribution in [3.05, 3.63) is 12.4 Å². The van der Waals surface area contributed by atoms with Gasteiger partial charge in [0.2, 0.25) is 0 Å². The maximum absolute atomic E-state index is 5.53. The van der Waals surface area contributed by atoms with Gasteiger partial charge in [-0.2, -0.15) is 0 Å². The third-order valence-corrected chi connectivity index (χ3v) is 2.49. The second-order valence-corrected chi connectivity index (χ2v) is 4.02. The van der Waals surface area contributed by atoms with E-state index < -0.39 is 0 Å². The van der Waals surface area contributed by atoms with Gasteiger partial charge in [0.05, 0.1) is 12.4 Å². The van der Waals surface area contributed by atoms with Crippen molar-refractivity contribution in [3.8, 4) is 0 Å². The van der Waals surface area contributed by atoms with Crippen LogP contribution in [0.3, 0.4) is 0 Å². The van der Waals surface area contributed by atoms with Crippen LogP contribution >= 0.6 is 0 Å². The van der Waals surface area contributed by atoms with Crippen molar-refractivity contribution in [1.29, 1.82) is 0 Å². The van der Waals surface area contributed by atoms with Gasteiger partial charge >= 0.3 is 0 Å². The molecule has 0 atom stereocenters. The third kappa shape index (κ3) is 5.53. The highest BCUT2D eigenvalue weighted by Gasteiger charge is 1.94. The summed E-state index contributed by atoms with van der Waals surface area (Å²) in [6.07, 6.45) is 11.1. The number of rotatable bonds is 8. The number of anilines is 2. The van der Waals surface area contributed by atoms with Gasteiger partial charge in [0.1, 0.15) is 11.6 Å². The zero-order valence-corrected chi connectivity index (χ0v) is 10.1. The molecule has 90 valence electrons. The van der Waals surface area contributed by atoms with Crippen molar-refractivity contribution < 1.29 is 0 Å². The first-order chi connectivity index (χ1) is 7.83. The molecule has 0 saturated heterocycles. The largest absolute Gasteiger partial charge is 0.382 e. The molecule has 0 amide bonds. The molecular weight excluding hydrogens is 200 g/mol. The Balaban J connectivity index is 2.03. The summed E-state index contributed by atoms with van der Waals surface area (Å²) in [6, 6.07) is 0. The lowest BCUT2D eigenvalue weighted by atomic mass is 10.1. The Morgan fingerprint density at radius 3 is 2.62 bits per heavy atom. The van der Waals surface area contributed by atoms with E-state index in [4.69, 9.17) is 5.73 Å². The molecule has 0 fully saturated rings. The van der Waals surface area contributed by atoms with E-state index in [0.717, 1.165) is 12.4 Å². The lowest BCUT2D eigenvalue weighted by Crippen LogP contribution is -2.05. The number of hydrogen-bond donors (Lipinski definition) is 2. The van der Waals surface area contributed by atoms with E-state index in [2.05, 4.69) is 22.2 Å². The van der Waals surface area contributed by atoms with Gasteiger partial charge in [-0.3, -0.25) is 4.98 Å². The number of nitrogens with zero attached hydrogens (tertiary/aromatic N) is 2. The van der Waals surface area contributed by atoms with E-state index in [0.29, 0.717) is 5.82 Å². The zero-order valence-electron chi connectivity index (χ0n) is 10.1. The Labute approximate surface area is 97.7 Å². The number of nitrogens with two attached hydrogens (primary N) is 1. The van der Waals surface area contributed by atoms with Gasteiger partial charge in [-0.25, -0.2) is 4.98 Å². The van der Waals surface area contributed by atoms with Crippen LogP contribution in [0.2, 0.25) is 0 Å². The zero-order chi connectivity index (χ0) is 11.6. The molecule has 1 aromatic rings. The van der Waals surface area contributed by atoms with Crippen LogP contribution in [0.15, 0.2) is 12.4 Å². The second kappa shape index (κ2) is 7.91. The number of nitrogens with one attached hydrogen (secondary N) is 1. The van der Waals surface area contributed by atoms with Crippen LogP contribution in [0.4, 0.5) is 11.6 Å². The highest BCUT2D eigenvalue weighted by molar-refractivity contribution is 5.37. The summed E-state index contributed by atoms with van der Waals surface area (Å²) < 4.78 is 0. The van der Waals surface area contributed by atoms with Gasteiger partial charge < -0.3 is 11.1 Å². The Kier molecular flexibility index (Phi) is 6.30. The number of aromatic nitrogens is 2. The van der Waals surface area contributed by atoms with Crippen LogP contribution in [0, 0.1) is 0 Å². The molecule has 0 bridgehead atoms. The predicted octanol–water partition coefficient (Wildman–Crippen LogP) is 2.83. The molecular formula is C12H22N4. The fourth-order valence-electron chi connectivity index (χ4n) is 1.59. The monoisotopic (exact) mass is 222 g/mol. The van der Waals surface area contributed by atoms with Crippen LogP contribution < -0.4 is 11.1 Å². The highest BCUT2D eigenvalue weighted by Crippen LogP contribution is 2.06. The maximum Gasteiger partial charge on any atom is 0.146 e. The quantitative estimate of drug-likeness (QED) is 0.664. The normalized spacial score (nSPS) is 10.3. The van der Waals surface area contributed by atoms with Gasteiger partial charge in [0.15, 0.2) is 0 Å². The Hall–Kier alpha value is -1.32. The van der Waals surface area contributed by atoms with E-state index in [1.54, 1.807) is 12.4 Å². The minimum absolute atomic E-state index is 0.466. The smallest absolute Gasteiger partial charge is 0.146 e. The van der Waals surface area contributed by atoms with E-state index in [-0.39, 0.29) is 0 Å². The molecule has 0 saturated carbocycles. The number of hydrogen-bond acceptors (Lipinski definition) is 4. The molecule has 0 aliphatic carbocycles. The molecule has 4 nitrogen and oxygen atoms in total. The summed E-state index contributed by atoms with van der Waals surface area (Å²) in [6.45, 7) is 3.18. The second-order valence-electron chi connectivity index (χ2n) is 4.02. The summed E-state index contributed by atoms with van der Waals surface area (Å²) >= 11 is 0. The first kappa shape index (κ1) is 12.7. The van der Waals surface area contributed by atoms with Gasteiger partial charge in [0.25, 0.3) is 0 Å². The fourth-order valence-corrected chi connectivity index (χ4v) is 1.59. The molecule has 0 unspecified atom stereocenters. The van der Waals surface area contributed by atoms with Gasteiger partial charge in [-0.05, 0) is 6.42 Å². The molecule has 1 rings (SSSR count). The molecule has 1 heterocycles. The topological polar surface area (TPSA) is 63.8 Å². The molecule has 16 heavy (non-hydrogen) atoms. The fraction of sp³-hybridized carbons (Fsp3) is 0.667. The average Bonchev–Trinajstić information content (AvgIpc) is 2.28. The highest BCUT2D eigenvalue weighted by atomic mass is 15.0. The van der Waals surface area contributed by atoms with Gasteiger partial charge in [0, 0.05) is 6.54 Å². The SMILES string of the molecule is CCCCCCCCNc1cncc(N)n1. The van der Waals surface area contributed by atoms with E-state index in [9.17, 15) is 0 Å². The van der Waals surface area contributed by atoms with Gasteiger partial charge in [-0.15, -0.1) is 0 Å². The van der Waals surface area contributed by atoms with Crippen molar-refractivity contribution in [1.82, 2.24) is 9.97 Å². The molecule has 0 spiro atoms. The van der Waals surface area contributed by atoms with Gasteiger partial charge in [-0.1, -0.05) is 39.0 Å². The number of nitrogen functional groups attached to an aromatic ring is 1. The summed E-state index contributed by atoms with van der Waals surface area (Å²) in [5.74, 6) is 1.24. The Morgan fingerprint density at radius 2 is 1.88 bits per heavy atom. The summed E-state index contributed by atoms with van der Waals surface area (Å²) in [5, 5.41) is 3.22. The predicted molar refractivity (Wildman–Crippen MR) is 68.3 cm³/mol. The molecule has 0 aliphatic rings. The van der Waals surface area contributed by atoms with E-state index >= 15 is 0 Å². The van der Waals surface area contributed by atoms with E-state index in [1.807, 2.05) is 0 Å². The molecule has 1 aromatic heterocycles. The molecule has 4 heteroatoms. The van der Waals surface area contributed by atoms with Crippen LogP contribution in [0.1, 0.15) is 45.4 Å². The summed E-state index contributed by atoms with van der Waals surface area (Å²) in [4.78, 5) is 8.10. The van der Waals surface area contributed by atoms with Crippen molar-refractivity contribution >= 4 is 11.6 Å². The lowest BCUT2D eigenvalue weighted by molar-refractivity contribution is 0.617. The van der Waals surface area contributed by atoms with Crippen LogP contribution in [-0.2, 0) is 0 Å². The van der Waals surface area contributed by atoms with Crippen LogP contribution in [-0.4, -0.2) is 16.5 Å². The van der Waals surface area contributed by atoms with Crippen molar-refractivity contribution in [3.63, 3.8) is 0 Å². The van der Waals surface area contributed by atoms with Crippen LogP contribution in [0.5, 0.6) is 0 Å². The molecule has 0 aromatic carbocycles. The number of unbranched alkanes of at least 4 members (excludes halogenated alkanes) is 5. The third-order valence-electron chi connectivity index (χ3n) is 2.49. The lowest BCUT2D eigenvalue weighted by Gasteiger charge is -2.05. The van der Waals surface area contributed by atoms with E-state index in [1.165, 1.54) is 38.5 Å². The first-order valence-corrected chi connectivity index (χ1v) is 6.14. The average molecular weight is 222 g/mol. The first-order valence-electron chi connectivity index (χ1n) is 6.14. The Bertz CT molecular complexity index is 288. The summed E-state index contributed by atoms with van der Waals surface area (Å²) in [7, 11) is 0.